The van der Waals surface area contributed by atoms with Crippen LogP contribution in [0.15, 0.2) is 66.7 Å². The van der Waals surface area contributed by atoms with Crippen LogP contribution in [0.5, 0.6) is 0 Å². The molecule has 4 N–H and O–H groups in total. The molecule has 0 aliphatic heterocycles. The fourth-order valence-corrected chi connectivity index (χ4v) is 2.47. The summed E-state index contributed by atoms with van der Waals surface area (Å²) in [5.74, 6) is -1.65. The summed E-state index contributed by atoms with van der Waals surface area (Å²) in [4.78, 5) is 22.4. The van der Waals surface area contributed by atoms with E-state index in [2.05, 4.69) is 10.6 Å². The molecule has 0 unspecified atom stereocenters. The first-order chi connectivity index (χ1) is 12.9. The summed E-state index contributed by atoms with van der Waals surface area (Å²) >= 11 is 0. The van der Waals surface area contributed by atoms with Crippen molar-refractivity contribution in [1.82, 2.24) is 0 Å². The monoisotopic (exact) mass is 366 g/mol. The highest BCUT2D eigenvalue weighted by molar-refractivity contribution is 6.09. The van der Waals surface area contributed by atoms with Crippen LogP contribution in [0.4, 0.5) is 32.8 Å². The van der Waals surface area contributed by atoms with E-state index in [-0.39, 0.29) is 11.3 Å². The Hall–Kier alpha value is -3.94. The number of carbonyl (C=O) groups excluding carboxylic acids is 1. The Morgan fingerprint density at radius 2 is 1.56 bits per heavy atom. The molecule has 3 aromatic carbocycles. The zero-order valence-electron chi connectivity index (χ0n) is 14.0. The molecule has 1 amide bonds. The molecule has 0 aromatic heterocycles. The number of amides is 1. The van der Waals surface area contributed by atoms with E-state index in [9.17, 15) is 19.3 Å². The molecule has 0 spiro atoms. The highest BCUT2D eigenvalue weighted by Crippen LogP contribution is 2.27. The van der Waals surface area contributed by atoms with E-state index in [1.807, 2.05) is 30.3 Å². The number of rotatable bonds is 5. The molecule has 0 saturated carbocycles. The summed E-state index contributed by atoms with van der Waals surface area (Å²) in [6.07, 6.45) is 0. The Labute approximate surface area is 153 Å². The zero-order chi connectivity index (χ0) is 19.4. The fourth-order valence-electron chi connectivity index (χ4n) is 2.47. The SMILES string of the molecule is Nc1c(C(=O)Nc2ccc(Nc3ccccc3)cc2)cc(F)cc1[N+](=O)[O-]. The van der Waals surface area contributed by atoms with Crippen LogP contribution in [-0.2, 0) is 0 Å². The van der Waals surface area contributed by atoms with Crippen LogP contribution in [0.3, 0.4) is 0 Å². The van der Waals surface area contributed by atoms with Gasteiger partial charge in [0.25, 0.3) is 11.6 Å². The Kier molecular flexibility index (Phi) is 4.98. The molecule has 0 saturated heterocycles. The molecule has 136 valence electrons. The number of nitro benzene ring substituents is 1. The van der Waals surface area contributed by atoms with Gasteiger partial charge < -0.3 is 16.4 Å². The molecule has 3 rings (SSSR count). The minimum absolute atomic E-state index is 0.298. The largest absolute Gasteiger partial charge is 0.393 e. The first-order valence-electron chi connectivity index (χ1n) is 7.91. The molecule has 0 heterocycles. The Bertz CT molecular complexity index is 992. The average Bonchev–Trinajstić information content (AvgIpc) is 2.65. The van der Waals surface area contributed by atoms with Crippen molar-refractivity contribution in [3.05, 3.63) is 88.2 Å². The number of nitro groups is 1. The molecule has 0 bridgehead atoms. The fraction of sp³-hybridized carbons (Fsp3) is 0. The lowest BCUT2D eigenvalue weighted by Crippen LogP contribution is -2.15. The lowest BCUT2D eigenvalue weighted by Gasteiger charge is -2.10. The second kappa shape index (κ2) is 7.52. The van der Waals surface area contributed by atoms with Gasteiger partial charge in [-0.15, -0.1) is 0 Å². The number of nitrogens with zero attached hydrogens (tertiary/aromatic N) is 1. The third-order valence-corrected chi connectivity index (χ3v) is 3.77. The first kappa shape index (κ1) is 17.9. The molecule has 7 nitrogen and oxygen atoms in total. The predicted octanol–water partition coefficient (Wildman–Crippen LogP) is 4.31. The number of nitrogens with one attached hydrogen (secondary N) is 2. The van der Waals surface area contributed by atoms with Crippen LogP contribution in [0, 0.1) is 15.9 Å². The van der Waals surface area contributed by atoms with Gasteiger partial charge in [-0.1, -0.05) is 18.2 Å². The maximum Gasteiger partial charge on any atom is 0.295 e. The third-order valence-electron chi connectivity index (χ3n) is 3.77. The second-order valence-electron chi connectivity index (χ2n) is 5.67. The van der Waals surface area contributed by atoms with E-state index in [1.165, 1.54) is 0 Å². The molecule has 0 radical (unpaired) electrons. The van der Waals surface area contributed by atoms with E-state index in [4.69, 9.17) is 5.73 Å². The standard InChI is InChI=1S/C19H15FN4O3/c20-12-10-16(18(21)17(11-12)24(26)27)19(25)23-15-8-6-14(7-9-15)22-13-4-2-1-3-5-13/h1-11,22H,21H2,(H,23,25). The van der Waals surface area contributed by atoms with Gasteiger partial charge in [-0.2, -0.15) is 0 Å². The molecule has 0 aliphatic carbocycles. The van der Waals surface area contributed by atoms with Crippen LogP contribution in [0.25, 0.3) is 0 Å². The maximum atomic E-state index is 13.6. The van der Waals surface area contributed by atoms with Gasteiger partial charge in [0.05, 0.1) is 16.6 Å². The van der Waals surface area contributed by atoms with Crippen LogP contribution < -0.4 is 16.4 Å². The number of anilines is 4. The second-order valence-corrected chi connectivity index (χ2v) is 5.67. The van der Waals surface area contributed by atoms with Crippen molar-refractivity contribution in [1.29, 1.82) is 0 Å². The minimum Gasteiger partial charge on any atom is -0.393 e. The summed E-state index contributed by atoms with van der Waals surface area (Å²) in [5.41, 5.74) is 6.45. The van der Waals surface area contributed by atoms with Crippen LogP contribution in [0.1, 0.15) is 10.4 Å². The van der Waals surface area contributed by atoms with E-state index >= 15 is 0 Å². The number of nitrogen functional groups attached to an aromatic ring is 1. The van der Waals surface area contributed by atoms with E-state index in [0.717, 1.165) is 17.4 Å². The van der Waals surface area contributed by atoms with Crippen LogP contribution in [-0.4, -0.2) is 10.8 Å². The summed E-state index contributed by atoms with van der Waals surface area (Å²) in [6.45, 7) is 0. The van der Waals surface area contributed by atoms with Crippen molar-refractivity contribution in [3.63, 3.8) is 0 Å². The van der Waals surface area contributed by atoms with Gasteiger partial charge in [0.2, 0.25) is 0 Å². The van der Waals surface area contributed by atoms with Gasteiger partial charge in [0, 0.05) is 17.1 Å². The number of halogens is 1. The Morgan fingerprint density at radius 3 is 2.19 bits per heavy atom. The average molecular weight is 366 g/mol. The lowest BCUT2D eigenvalue weighted by atomic mass is 10.1. The highest BCUT2D eigenvalue weighted by Gasteiger charge is 2.21. The van der Waals surface area contributed by atoms with Crippen molar-refractivity contribution in [2.24, 2.45) is 0 Å². The first-order valence-corrected chi connectivity index (χ1v) is 7.91. The number of hydrogen-bond donors (Lipinski definition) is 3. The number of carbonyl (C=O) groups is 1. The normalized spacial score (nSPS) is 10.3. The quantitative estimate of drug-likeness (QED) is 0.354. The van der Waals surface area contributed by atoms with E-state index < -0.39 is 22.3 Å². The minimum atomic E-state index is -0.913. The van der Waals surface area contributed by atoms with Crippen LogP contribution in [0.2, 0.25) is 0 Å². The van der Waals surface area contributed by atoms with E-state index in [1.54, 1.807) is 24.3 Å². The number of nitrogens with two attached hydrogens (primary N) is 1. The van der Waals surface area contributed by atoms with Crippen molar-refractivity contribution < 1.29 is 14.1 Å². The number of benzene rings is 3. The van der Waals surface area contributed by atoms with Gasteiger partial charge in [-0.25, -0.2) is 4.39 Å². The molecule has 3 aromatic rings. The number of para-hydroxylation sites is 1. The molecular weight excluding hydrogens is 351 g/mol. The number of hydrogen-bond acceptors (Lipinski definition) is 5. The molecule has 8 heteroatoms. The summed E-state index contributed by atoms with van der Waals surface area (Å²) in [7, 11) is 0. The molecule has 0 atom stereocenters. The maximum absolute atomic E-state index is 13.6. The van der Waals surface area contributed by atoms with Gasteiger partial charge in [0.15, 0.2) is 0 Å². The zero-order valence-corrected chi connectivity index (χ0v) is 14.0. The molecule has 27 heavy (non-hydrogen) atoms. The van der Waals surface area contributed by atoms with Crippen LogP contribution >= 0.6 is 0 Å². The van der Waals surface area contributed by atoms with Gasteiger partial charge in [-0.05, 0) is 42.5 Å². The summed E-state index contributed by atoms with van der Waals surface area (Å²) in [5, 5.41) is 16.7. The van der Waals surface area contributed by atoms with Crippen molar-refractivity contribution >= 4 is 34.3 Å². The summed E-state index contributed by atoms with van der Waals surface area (Å²) < 4.78 is 13.6. The van der Waals surface area contributed by atoms with Gasteiger partial charge >= 0.3 is 0 Å². The lowest BCUT2D eigenvalue weighted by molar-refractivity contribution is -0.384. The van der Waals surface area contributed by atoms with Crippen molar-refractivity contribution in [2.75, 3.05) is 16.4 Å². The van der Waals surface area contributed by atoms with Gasteiger partial charge in [0.1, 0.15) is 11.5 Å². The highest BCUT2D eigenvalue weighted by atomic mass is 19.1. The smallest absolute Gasteiger partial charge is 0.295 e. The molecule has 0 aliphatic rings. The Morgan fingerprint density at radius 1 is 0.963 bits per heavy atom. The predicted molar refractivity (Wildman–Crippen MR) is 102 cm³/mol. The van der Waals surface area contributed by atoms with Crippen molar-refractivity contribution in [2.45, 2.75) is 0 Å². The molecule has 0 fully saturated rings. The summed E-state index contributed by atoms with van der Waals surface area (Å²) in [6, 6.07) is 17.9. The van der Waals surface area contributed by atoms with E-state index in [0.29, 0.717) is 11.8 Å². The van der Waals surface area contributed by atoms with Gasteiger partial charge in [-0.3, -0.25) is 14.9 Å². The third kappa shape index (κ3) is 4.18. The Balaban J connectivity index is 1.76. The topological polar surface area (TPSA) is 110 Å². The molecular formula is C19H15FN4O3. The van der Waals surface area contributed by atoms with Crippen molar-refractivity contribution in [3.8, 4) is 0 Å².